The van der Waals surface area contributed by atoms with Crippen LogP contribution in [0.4, 0.5) is 0 Å². The average Bonchev–Trinajstić information content (AvgIpc) is 3.41. The number of H-pyrrole nitrogens is 1. The van der Waals surface area contributed by atoms with E-state index in [9.17, 15) is 0 Å². The maximum absolute atomic E-state index is 3.55. The minimum atomic E-state index is 1.04. The van der Waals surface area contributed by atoms with Crippen molar-refractivity contribution < 1.29 is 0 Å². The monoisotopic (exact) mass is 345 g/mol. The Bertz CT molecular complexity index is 1230. The molecule has 2 aliphatic carbocycles. The standard InChI is InChI=1S/C26H19N/c1-2-6-18-12-23(11-17(18)5-1)24-13-19-9-10-21(14-22(19)15-24)26-16-20-7-3-4-8-25(20)27-26/h1-11,14-16,27H,12-13H2. The van der Waals surface area contributed by atoms with Crippen molar-refractivity contribution in [2.24, 2.45) is 0 Å². The van der Waals surface area contributed by atoms with E-state index in [2.05, 4.69) is 89.9 Å². The number of nitrogens with one attached hydrogen (secondary N) is 1. The Morgan fingerprint density at radius 2 is 1.37 bits per heavy atom. The fourth-order valence-corrected chi connectivity index (χ4v) is 4.42. The molecule has 0 radical (unpaired) electrons. The number of aromatic nitrogens is 1. The molecule has 0 spiro atoms. The van der Waals surface area contributed by atoms with Crippen LogP contribution in [0.3, 0.4) is 0 Å². The molecule has 0 saturated carbocycles. The third-order valence-electron chi connectivity index (χ3n) is 5.88. The highest BCUT2D eigenvalue weighted by molar-refractivity contribution is 5.87. The van der Waals surface area contributed by atoms with E-state index in [-0.39, 0.29) is 0 Å². The van der Waals surface area contributed by atoms with Gasteiger partial charge < -0.3 is 4.98 Å². The van der Waals surface area contributed by atoms with Crippen molar-refractivity contribution in [3.8, 4) is 11.3 Å². The van der Waals surface area contributed by atoms with Crippen molar-refractivity contribution in [2.45, 2.75) is 12.8 Å². The maximum atomic E-state index is 3.55. The van der Waals surface area contributed by atoms with Crippen LogP contribution in [0.25, 0.3) is 34.3 Å². The zero-order chi connectivity index (χ0) is 17.8. The summed E-state index contributed by atoms with van der Waals surface area (Å²) in [6.07, 6.45) is 6.86. The SMILES string of the molecule is C1=C(C2=Cc3cc(-c4cc5ccccc5[nH]4)ccc3C2)Cc2ccccc21. The van der Waals surface area contributed by atoms with Gasteiger partial charge in [-0.2, -0.15) is 0 Å². The minimum Gasteiger partial charge on any atom is -0.355 e. The summed E-state index contributed by atoms with van der Waals surface area (Å²) in [5, 5.41) is 1.26. The molecule has 1 nitrogen and oxygen atoms in total. The van der Waals surface area contributed by atoms with Gasteiger partial charge in [-0.25, -0.2) is 0 Å². The Hall–Kier alpha value is -3.32. The number of allylic oxidation sites excluding steroid dienone is 2. The third kappa shape index (κ3) is 2.39. The minimum absolute atomic E-state index is 1.04. The number of aromatic amines is 1. The average molecular weight is 345 g/mol. The second kappa shape index (κ2) is 5.59. The zero-order valence-corrected chi connectivity index (χ0v) is 15.0. The van der Waals surface area contributed by atoms with Crippen LogP contribution in [0.1, 0.15) is 22.3 Å². The van der Waals surface area contributed by atoms with Crippen molar-refractivity contribution in [3.05, 3.63) is 106 Å². The Morgan fingerprint density at radius 1 is 0.630 bits per heavy atom. The van der Waals surface area contributed by atoms with E-state index in [1.165, 1.54) is 55.6 Å². The van der Waals surface area contributed by atoms with Gasteiger partial charge in [0.25, 0.3) is 0 Å². The van der Waals surface area contributed by atoms with E-state index in [1.54, 1.807) is 0 Å². The Kier molecular flexibility index (Phi) is 3.06. The fraction of sp³-hybridized carbons (Fsp3) is 0.0769. The van der Waals surface area contributed by atoms with E-state index < -0.39 is 0 Å². The Balaban J connectivity index is 1.36. The van der Waals surface area contributed by atoms with E-state index in [0.717, 1.165) is 12.8 Å². The number of fused-ring (bicyclic) bond motifs is 3. The van der Waals surface area contributed by atoms with Gasteiger partial charge in [0.1, 0.15) is 0 Å². The molecular formula is C26H19N. The van der Waals surface area contributed by atoms with Gasteiger partial charge in [-0.05, 0) is 70.0 Å². The van der Waals surface area contributed by atoms with E-state index in [0.29, 0.717) is 0 Å². The lowest BCUT2D eigenvalue weighted by atomic mass is 10.0. The van der Waals surface area contributed by atoms with Crippen molar-refractivity contribution in [2.75, 3.05) is 0 Å². The smallest absolute Gasteiger partial charge is 0.0464 e. The maximum Gasteiger partial charge on any atom is 0.0464 e. The molecule has 2 aliphatic rings. The van der Waals surface area contributed by atoms with Crippen LogP contribution in [0.15, 0.2) is 83.9 Å². The predicted molar refractivity (Wildman–Crippen MR) is 114 cm³/mol. The van der Waals surface area contributed by atoms with E-state index in [4.69, 9.17) is 0 Å². The molecule has 0 bridgehead atoms. The number of para-hydroxylation sites is 1. The van der Waals surface area contributed by atoms with E-state index >= 15 is 0 Å². The first-order valence-corrected chi connectivity index (χ1v) is 9.54. The topological polar surface area (TPSA) is 15.8 Å². The van der Waals surface area contributed by atoms with Crippen LogP contribution in [0.5, 0.6) is 0 Å². The quantitative estimate of drug-likeness (QED) is 0.432. The van der Waals surface area contributed by atoms with Crippen molar-refractivity contribution in [1.82, 2.24) is 4.98 Å². The summed E-state index contributed by atoms with van der Waals surface area (Å²) in [4.78, 5) is 3.55. The van der Waals surface area contributed by atoms with Crippen LogP contribution in [-0.2, 0) is 12.8 Å². The van der Waals surface area contributed by atoms with Crippen molar-refractivity contribution >= 4 is 23.1 Å². The lowest BCUT2D eigenvalue weighted by Gasteiger charge is -2.04. The van der Waals surface area contributed by atoms with Gasteiger partial charge in [0.15, 0.2) is 0 Å². The van der Waals surface area contributed by atoms with E-state index in [1.807, 2.05) is 0 Å². The highest BCUT2D eigenvalue weighted by Crippen LogP contribution is 2.37. The zero-order valence-electron chi connectivity index (χ0n) is 15.0. The first-order valence-electron chi connectivity index (χ1n) is 9.54. The fourth-order valence-electron chi connectivity index (χ4n) is 4.42. The van der Waals surface area contributed by atoms with Gasteiger partial charge in [0.05, 0.1) is 0 Å². The second-order valence-corrected chi connectivity index (χ2v) is 7.58. The molecule has 0 amide bonds. The van der Waals surface area contributed by atoms with Gasteiger partial charge in [0, 0.05) is 16.6 Å². The molecule has 0 aliphatic heterocycles. The van der Waals surface area contributed by atoms with Gasteiger partial charge >= 0.3 is 0 Å². The highest BCUT2D eigenvalue weighted by Gasteiger charge is 2.20. The molecule has 0 saturated heterocycles. The Morgan fingerprint density at radius 3 is 2.22 bits per heavy atom. The molecule has 128 valence electrons. The second-order valence-electron chi connectivity index (χ2n) is 7.58. The molecule has 1 N–H and O–H groups in total. The molecule has 0 fully saturated rings. The molecular weight excluding hydrogens is 326 g/mol. The van der Waals surface area contributed by atoms with Crippen LogP contribution in [0, 0.1) is 0 Å². The summed E-state index contributed by atoms with van der Waals surface area (Å²) in [6.45, 7) is 0. The summed E-state index contributed by atoms with van der Waals surface area (Å²) in [5.74, 6) is 0. The van der Waals surface area contributed by atoms with Crippen LogP contribution in [-0.4, -0.2) is 4.98 Å². The molecule has 0 unspecified atom stereocenters. The third-order valence-corrected chi connectivity index (χ3v) is 5.88. The molecule has 1 aromatic heterocycles. The lowest BCUT2D eigenvalue weighted by Crippen LogP contribution is -1.90. The summed E-state index contributed by atoms with van der Waals surface area (Å²) >= 11 is 0. The van der Waals surface area contributed by atoms with Crippen molar-refractivity contribution in [3.63, 3.8) is 0 Å². The van der Waals surface area contributed by atoms with Crippen LogP contribution in [0.2, 0.25) is 0 Å². The highest BCUT2D eigenvalue weighted by atomic mass is 14.7. The molecule has 0 atom stereocenters. The van der Waals surface area contributed by atoms with Gasteiger partial charge in [-0.3, -0.25) is 0 Å². The molecule has 3 aromatic carbocycles. The lowest BCUT2D eigenvalue weighted by molar-refractivity contribution is 1.13. The van der Waals surface area contributed by atoms with Crippen LogP contribution >= 0.6 is 0 Å². The van der Waals surface area contributed by atoms with Gasteiger partial charge in [-0.15, -0.1) is 0 Å². The summed E-state index contributed by atoms with van der Waals surface area (Å²) in [5.41, 5.74) is 12.2. The largest absolute Gasteiger partial charge is 0.355 e. The molecule has 27 heavy (non-hydrogen) atoms. The summed E-state index contributed by atoms with van der Waals surface area (Å²) in [6, 6.07) is 26.3. The number of rotatable bonds is 2. The first kappa shape index (κ1) is 14.8. The summed E-state index contributed by atoms with van der Waals surface area (Å²) < 4.78 is 0. The number of hydrogen-bond acceptors (Lipinski definition) is 0. The number of benzene rings is 3. The molecule has 1 heteroatoms. The van der Waals surface area contributed by atoms with Gasteiger partial charge in [-0.1, -0.05) is 66.7 Å². The van der Waals surface area contributed by atoms with Gasteiger partial charge in [0.2, 0.25) is 0 Å². The predicted octanol–water partition coefficient (Wildman–Crippen LogP) is 6.41. The molecule has 6 rings (SSSR count). The van der Waals surface area contributed by atoms with Crippen LogP contribution < -0.4 is 0 Å². The van der Waals surface area contributed by atoms with Crippen molar-refractivity contribution in [1.29, 1.82) is 0 Å². The summed E-state index contributed by atoms with van der Waals surface area (Å²) in [7, 11) is 0. The molecule has 1 heterocycles. The first-order chi connectivity index (χ1) is 13.3. The Labute approximate surface area is 158 Å². The normalized spacial score (nSPS) is 14.8. The number of hydrogen-bond donors (Lipinski definition) is 1. The molecule has 4 aromatic rings.